The molecule has 9 heteroatoms. The number of carbonyl (C=O) groups excluding carboxylic acids is 1. The zero-order valence-electron chi connectivity index (χ0n) is 16.2. The topological polar surface area (TPSA) is 98.1 Å². The van der Waals surface area contributed by atoms with Gasteiger partial charge in [0.2, 0.25) is 5.91 Å². The molecule has 1 aliphatic rings. The number of nitrogens with one attached hydrogen (secondary N) is 1. The van der Waals surface area contributed by atoms with Crippen molar-refractivity contribution in [3.63, 3.8) is 0 Å². The fourth-order valence-electron chi connectivity index (χ4n) is 3.51. The van der Waals surface area contributed by atoms with Crippen LogP contribution in [0.1, 0.15) is 18.4 Å². The summed E-state index contributed by atoms with van der Waals surface area (Å²) in [4.78, 5) is 18.7. The van der Waals surface area contributed by atoms with Crippen molar-refractivity contribution < 1.29 is 9.53 Å². The maximum atomic E-state index is 12.7. The highest BCUT2D eigenvalue weighted by atomic mass is 16.5. The third kappa shape index (κ3) is 4.34. The van der Waals surface area contributed by atoms with Crippen LogP contribution in [0, 0.1) is 5.92 Å². The van der Waals surface area contributed by atoms with E-state index in [9.17, 15) is 4.79 Å². The van der Waals surface area contributed by atoms with Gasteiger partial charge >= 0.3 is 0 Å². The quantitative estimate of drug-likeness (QED) is 0.679. The standard InChI is InChI=1S/C20H23N7O2/c1-29-17-7-3-2-5-15(17)11-22-20(28)16-6-4-10-26(12-16)18-8-9-19(25-24-18)27-14-21-13-23-27/h2-3,5,7-9,13-14,16H,4,6,10-12H2,1H3,(H,22,28)/t16-/m0/s1. The first-order chi connectivity index (χ1) is 14.2. The zero-order valence-corrected chi connectivity index (χ0v) is 16.2. The maximum absolute atomic E-state index is 12.7. The summed E-state index contributed by atoms with van der Waals surface area (Å²) in [5, 5.41) is 15.6. The monoisotopic (exact) mass is 393 g/mol. The Balaban J connectivity index is 1.37. The van der Waals surface area contributed by atoms with Crippen LogP contribution in [0.4, 0.5) is 5.82 Å². The minimum Gasteiger partial charge on any atom is -0.496 e. The second-order valence-electron chi connectivity index (χ2n) is 6.90. The first kappa shape index (κ1) is 18.9. The first-order valence-electron chi connectivity index (χ1n) is 9.58. The SMILES string of the molecule is COc1ccccc1CNC(=O)[C@H]1CCCN(c2ccc(-n3cncn3)nn2)C1. The highest BCUT2D eigenvalue weighted by molar-refractivity contribution is 5.79. The molecule has 0 bridgehead atoms. The number of aromatic nitrogens is 5. The molecule has 1 aromatic carbocycles. The lowest BCUT2D eigenvalue weighted by atomic mass is 9.97. The number of ether oxygens (including phenoxy) is 1. The highest BCUT2D eigenvalue weighted by Gasteiger charge is 2.26. The number of nitrogens with zero attached hydrogens (tertiary/aromatic N) is 6. The molecule has 1 amide bonds. The van der Waals surface area contributed by atoms with Crippen molar-refractivity contribution in [3.8, 4) is 11.6 Å². The molecule has 2 aromatic heterocycles. The van der Waals surface area contributed by atoms with Crippen LogP contribution in [0.2, 0.25) is 0 Å². The van der Waals surface area contributed by atoms with E-state index < -0.39 is 0 Å². The average Bonchev–Trinajstić information content (AvgIpc) is 3.33. The number of para-hydroxylation sites is 1. The van der Waals surface area contributed by atoms with Gasteiger partial charge in [0, 0.05) is 25.2 Å². The molecule has 0 unspecified atom stereocenters. The molecule has 3 aromatic rings. The van der Waals surface area contributed by atoms with Gasteiger partial charge in [0.15, 0.2) is 11.6 Å². The molecule has 29 heavy (non-hydrogen) atoms. The van der Waals surface area contributed by atoms with Gasteiger partial charge in [-0.05, 0) is 31.0 Å². The molecule has 0 spiro atoms. The van der Waals surface area contributed by atoms with Gasteiger partial charge in [-0.2, -0.15) is 5.10 Å². The van der Waals surface area contributed by atoms with E-state index in [4.69, 9.17) is 4.74 Å². The number of hydrogen-bond acceptors (Lipinski definition) is 7. The lowest BCUT2D eigenvalue weighted by molar-refractivity contribution is -0.125. The number of amides is 1. The van der Waals surface area contributed by atoms with Crippen molar-refractivity contribution in [1.29, 1.82) is 0 Å². The Kier molecular flexibility index (Phi) is 5.64. The molecule has 0 aliphatic carbocycles. The molecule has 3 heterocycles. The van der Waals surface area contributed by atoms with E-state index in [-0.39, 0.29) is 11.8 Å². The molecular formula is C20H23N7O2. The van der Waals surface area contributed by atoms with Crippen LogP contribution >= 0.6 is 0 Å². The van der Waals surface area contributed by atoms with E-state index in [1.54, 1.807) is 18.1 Å². The Morgan fingerprint density at radius 2 is 2.03 bits per heavy atom. The van der Waals surface area contributed by atoms with Crippen molar-refractivity contribution in [3.05, 3.63) is 54.6 Å². The average molecular weight is 393 g/mol. The van der Waals surface area contributed by atoms with Crippen LogP contribution in [-0.4, -0.2) is 51.1 Å². The number of rotatable bonds is 6. The van der Waals surface area contributed by atoms with E-state index in [2.05, 4.69) is 30.5 Å². The van der Waals surface area contributed by atoms with Crippen molar-refractivity contribution in [1.82, 2.24) is 30.3 Å². The van der Waals surface area contributed by atoms with Gasteiger partial charge in [0.1, 0.15) is 18.4 Å². The molecule has 1 atom stereocenters. The highest BCUT2D eigenvalue weighted by Crippen LogP contribution is 2.22. The molecule has 0 saturated carbocycles. The number of carbonyl (C=O) groups is 1. The third-order valence-electron chi connectivity index (χ3n) is 5.05. The van der Waals surface area contributed by atoms with Crippen molar-refractivity contribution in [2.45, 2.75) is 19.4 Å². The van der Waals surface area contributed by atoms with Crippen molar-refractivity contribution in [2.24, 2.45) is 5.92 Å². The van der Waals surface area contributed by atoms with Crippen LogP contribution in [-0.2, 0) is 11.3 Å². The van der Waals surface area contributed by atoms with Gasteiger partial charge < -0.3 is 15.0 Å². The van der Waals surface area contributed by atoms with Crippen molar-refractivity contribution >= 4 is 11.7 Å². The fraction of sp³-hybridized carbons (Fsp3) is 0.350. The summed E-state index contributed by atoms with van der Waals surface area (Å²) in [6, 6.07) is 11.5. The minimum absolute atomic E-state index is 0.0489. The summed E-state index contributed by atoms with van der Waals surface area (Å²) >= 11 is 0. The number of anilines is 1. The zero-order chi connectivity index (χ0) is 20.1. The van der Waals surface area contributed by atoms with E-state index >= 15 is 0 Å². The van der Waals surface area contributed by atoms with Crippen LogP contribution in [0.15, 0.2) is 49.1 Å². The van der Waals surface area contributed by atoms with E-state index in [1.807, 2.05) is 36.4 Å². The largest absolute Gasteiger partial charge is 0.496 e. The molecule has 1 N–H and O–H groups in total. The summed E-state index contributed by atoms with van der Waals surface area (Å²) in [7, 11) is 1.63. The number of hydrogen-bond donors (Lipinski definition) is 1. The molecule has 1 aliphatic heterocycles. The molecule has 1 saturated heterocycles. The van der Waals surface area contributed by atoms with Gasteiger partial charge in [-0.1, -0.05) is 18.2 Å². The Labute approximate surface area is 168 Å². The first-order valence-corrected chi connectivity index (χ1v) is 9.58. The minimum atomic E-state index is -0.0877. The molecule has 9 nitrogen and oxygen atoms in total. The predicted octanol–water partition coefficient (Wildman–Crippen LogP) is 1.60. The smallest absolute Gasteiger partial charge is 0.225 e. The number of methoxy groups -OCH3 is 1. The molecule has 0 radical (unpaired) electrons. The van der Waals surface area contributed by atoms with Crippen molar-refractivity contribution in [2.75, 3.05) is 25.1 Å². The summed E-state index contributed by atoms with van der Waals surface area (Å²) < 4.78 is 6.91. The Bertz CT molecular complexity index is 944. The van der Waals surface area contributed by atoms with Gasteiger partial charge in [-0.15, -0.1) is 10.2 Å². The molecule has 4 rings (SSSR count). The van der Waals surface area contributed by atoms with E-state index in [0.29, 0.717) is 18.9 Å². The van der Waals surface area contributed by atoms with Crippen LogP contribution in [0.25, 0.3) is 5.82 Å². The van der Waals surface area contributed by atoms with Gasteiger partial charge in [-0.3, -0.25) is 4.79 Å². The second-order valence-corrected chi connectivity index (χ2v) is 6.90. The Hall–Kier alpha value is -3.49. The van der Waals surface area contributed by atoms with E-state index in [0.717, 1.165) is 36.5 Å². The summed E-state index contributed by atoms with van der Waals surface area (Å²) in [5.41, 5.74) is 0.964. The predicted molar refractivity (Wildman–Crippen MR) is 107 cm³/mol. The molecule has 150 valence electrons. The van der Waals surface area contributed by atoms with E-state index in [1.165, 1.54) is 6.33 Å². The van der Waals surface area contributed by atoms with Gasteiger partial charge in [0.05, 0.1) is 13.0 Å². The summed E-state index contributed by atoms with van der Waals surface area (Å²) in [5.74, 6) is 2.11. The lowest BCUT2D eigenvalue weighted by Crippen LogP contribution is -2.43. The second kappa shape index (κ2) is 8.68. The molecule has 1 fully saturated rings. The maximum Gasteiger partial charge on any atom is 0.225 e. The number of piperidine rings is 1. The van der Waals surface area contributed by atoms with Crippen LogP contribution in [0.3, 0.4) is 0 Å². The van der Waals surface area contributed by atoms with Gasteiger partial charge in [0.25, 0.3) is 0 Å². The molecular weight excluding hydrogens is 370 g/mol. The third-order valence-corrected chi connectivity index (χ3v) is 5.05. The Morgan fingerprint density at radius 1 is 1.21 bits per heavy atom. The van der Waals surface area contributed by atoms with Crippen LogP contribution in [0.5, 0.6) is 5.75 Å². The summed E-state index contributed by atoms with van der Waals surface area (Å²) in [6.45, 7) is 1.93. The fourth-order valence-corrected chi connectivity index (χ4v) is 3.51. The summed E-state index contributed by atoms with van der Waals surface area (Å²) in [6.07, 6.45) is 4.82. The number of benzene rings is 1. The Morgan fingerprint density at radius 3 is 2.79 bits per heavy atom. The lowest BCUT2D eigenvalue weighted by Gasteiger charge is -2.32. The normalized spacial score (nSPS) is 16.4. The van der Waals surface area contributed by atoms with Gasteiger partial charge in [-0.25, -0.2) is 9.67 Å². The van der Waals surface area contributed by atoms with Crippen LogP contribution < -0.4 is 15.0 Å².